The number of hydrogen-bond acceptors (Lipinski definition) is 4. The molecule has 4 amide bonds. The molecule has 4 fully saturated rings. The van der Waals surface area contributed by atoms with Crippen LogP contribution in [0.1, 0.15) is 79.1 Å². The van der Waals surface area contributed by atoms with E-state index in [1.807, 2.05) is 13.8 Å². The van der Waals surface area contributed by atoms with Gasteiger partial charge in [-0.15, -0.1) is 0 Å². The van der Waals surface area contributed by atoms with Crippen molar-refractivity contribution in [1.82, 2.24) is 9.80 Å². The van der Waals surface area contributed by atoms with Crippen molar-refractivity contribution >= 4 is 23.6 Å². The van der Waals surface area contributed by atoms with Crippen molar-refractivity contribution in [3.8, 4) is 0 Å². The van der Waals surface area contributed by atoms with Crippen molar-refractivity contribution in [1.29, 1.82) is 0 Å². The molecule has 6 heteroatoms. The molecule has 6 nitrogen and oxygen atoms in total. The van der Waals surface area contributed by atoms with Gasteiger partial charge in [0.1, 0.15) is 0 Å². The first-order valence-corrected chi connectivity index (χ1v) is 11.6. The molecule has 0 spiro atoms. The lowest BCUT2D eigenvalue weighted by atomic mass is 9.70. The van der Waals surface area contributed by atoms with E-state index in [0.29, 0.717) is 25.3 Å². The number of rotatable bonds is 2. The average Bonchev–Trinajstić information content (AvgIpc) is 3.10. The van der Waals surface area contributed by atoms with E-state index >= 15 is 0 Å². The van der Waals surface area contributed by atoms with Crippen LogP contribution in [0.4, 0.5) is 0 Å². The highest BCUT2D eigenvalue weighted by atomic mass is 16.2. The summed E-state index contributed by atoms with van der Waals surface area (Å²) in [7, 11) is 1.50. The van der Waals surface area contributed by atoms with Crippen LogP contribution >= 0.6 is 0 Å². The lowest BCUT2D eigenvalue weighted by molar-refractivity contribution is -0.140. The highest BCUT2D eigenvalue weighted by molar-refractivity contribution is 6.09. The molecular weight excluding hydrogens is 368 g/mol. The Morgan fingerprint density at radius 1 is 0.724 bits per heavy atom. The highest BCUT2D eigenvalue weighted by Gasteiger charge is 2.58. The smallest absolute Gasteiger partial charge is 0.233 e. The van der Waals surface area contributed by atoms with Gasteiger partial charge in [-0.3, -0.25) is 29.0 Å². The predicted molar refractivity (Wildman–Crippen MR) is 112 cm³/mol. The van der Waals surface area contributed by atoms with Gasteiger partial charge in [0.2, 0.25) is 23.6 Å². The molecule has 0 bridgehead atoms. The zero-order valence-corrected chi connectivity index (χ0v) is 18.8. The summed E-state index contributed by atoms with van der Waals surface area (Å²) in [5.41, 5.74) is 0. The van der Waals surface area contributed by atoms with Gasteiger partial charge in [-0.1, -0.05) is 53.4 Å². The fraction of sp³-hybridized carbons (Fsp3) is 0.826. The lowest BCUT2D eigenvalue weighted by Gasteiger charge is -2.28. The average molecular weight is 407 g/mol. The minimum absolute atomic E-state index is 0.108. The van der Waals surface area contributed by atoms with Gasteiger partial charge in [-0.2, -0.15) is 0 Å². The van der Waals surface area contributed by atoms with E-state index in [-0.39, 0.29) is 23.6 Å². The van der Waals surface area contributed by atoms with Crippen molar-refractivity contribution in [2.45, 2.75) is 79.1 Å². The van der Waals surface area contributed by atoms with E-state index < -0.39 is 23.7 Å². The molecule has 4 rings (SSSR count). The van der Waals surface area contributed by atoms with E-state index in [4.69, 9.17) is 0 Å². The summed E-state index contributed by atoms with van der Waals surface area (Å²) in [6.07, 6.45) is 7.72. The van der Waals surface area contributed by atoms with Gasteiger partial charge in [-0.05, 0) is 31.6 Å². The third-order valence-corrected chi connectivity index (χ3v) is 6.61. The Balaban J connectivity index is 0.000000551. The molecule has 0 radical (unpaired) electrons. The van der Waals surface area contributed by atoms with E-state index in [9.17, 15) is 19.2 Å². The molecule has 2 aliphatic carbocycles. The Kier molecular flexibility index (Phi) is 8.41. The Hall–Kier alpha value is -1.72. The number of likely N-dealkylation sites (tertiary alicyclic amines) is 2. The summed E-state index contributed by atoms with van der Waals surface area (Å²) in [5, 5.41) is 0. The van der Waals surface area contributed by atoms with Gasteiger partial charge in [0.25, 0.3) is 0 Å². The fourth-order valence-electron chi connectivity index (χ4n) is 5.22. The van der Waals surface area contributed by atoms with Gasteiger partial charge in [0.05, 0.1) is 23.7 Å². The number of nitrogens with zero attached hydrogens (tertiary/aromatic N) is 2. The second kappa shape index (κ2) is 10.4. The molecule has 4 aliphatic rings. The Morgan fingerprint density at radius 3 is 1.52 bits per heavy atom. The first-order chi connectivity index (χ1) is 13.9. The highest BCUT2D eigenvalue weighted by Crippen LogP contribution is 2.47. The number of amides is 4. The molecule has 2 saturated carbocycles. The third kappa shape index (κ3) is 4.56. The van der Waals surface area contributed by atoms with E-state index in [1.165, 1.54) is 42.5 Å². The molecule has 2 aliphatic heterocycles. The zero-order chi connectivity index (χ0) is 21.7. The first-order valence-electron chi connectivity index (χ1n) is 11.6. The molecule has 0 aromatic heterocycles. The number of fused-ring (bicyclic) bond motifs is 2. The molecule has 2 heterocycles. The minimum Gasteiger partial charge on any atom is -0.285 e. The second-order valence-corrected chi connectivity index (χ2v) is 8.63. The quantitative estimate of drug-likeness (QED) is 0.656. The fourth-order valence-corrected chi connectivity index (χ4v) is 5.22. The maximum Gasteiger partial charge on any atom is 0.233 e. The predicted octanol–water partition coefficient (Wildman–Crippen LogP) is 3.64. The number of carbonyl (C=O) groups excluding carboxylic acids is 4. The summed E-state index contributed by atoms with van der Waals surface area (Å²) in [5.74, 6) is -1.78. The normalized spacial score (nSPS) is 31.6. The van der Waals surface area contributed by atoms with Crippen LogP contribution in [0, 0.1) is 29.6 Å². The summed E-state index contributed by atoms with van der Waals surface area (Å²) in [6, 6.07) is 0. The van der Waals surface area contributed by atoms with E-state index in [0.717, 1.165) is 12.8 Å². The lowest BCUT2D eigenvalue weighted by Crippen LogP contribution is -2.36. The van der Waals surface area contributed by atoms with Crippen molar-refractivity contribution in [3.63, 3.8) is 0 Å². The molecular formula is C23H38N2O4. The monoisotopic (exact) mass is 406 g/mol. The topological polar surface area (TPSA) is 74.8 Å². The van der Waals surface area contributed by atoms with Crippen molar-refractivity contribution < 1.29 is 19.2 Å². The van der Waals surface area contributed by atoms with Crippen molar-refractivity contribution in [3.05, 3.63) is 0 Å². The maximum atomic E-state index is 12.8. The molecule has 0 aromatic carbocycles. The molecule has 2 saturated heterocycles. The standard InChI is InChI=1S/C18H24N2O4.C3H8.C2H6/c1-19-15(21)11-7-13-14(8-12(11)16(19)22)18(24)20(17(13)23)9-10-5-3-2-4-6-10;1-3-2;1-2/h10-14H,2-9H2,1H3;3H2,1-2H3;1-2H3. The summed E-state index contributed by atoms with van der Waals surface area (Å²) >= 11 is 0. The van der Waals surface area contributed by atoms with Crippen LogP contribution in [0.5, 0.6) is 0 Å². The number of carbonyl (C=O) groups is 4. The van der Waals surface area contributed by atoms with Crippen LogP contribution < -0.4 is 0 Å². The largest absolute Gasteiger partial charge is 0.285 e. The van der Waals surface area contributed by atoms with Crippen molar-refractivity contribution in [2.24, 2.45) is 29.6 Å². The molecule has 4 unspecified atom stereocenters. The third-order valence-electron chi connectivity index (χ3n) is 6.61. The number of imide groups is 2. The molecule has 164 valence electrons. The van der Waals surface area contributed by atoms with Crippen LogP contribution in [-0.2, 0) is 19.2 Å². The zero-order valence-electron chi connectivity index (χ0n) is 18.8. The van der Waals surface area contributed by atoms with Gasteiger partial charge in [0.15, 0.2) is 0 Å². The second-order valence-electron chi connectivity index (χ2n) is 8.63. The van der Waals surface area contributed by atoms with Crippen LogP contribution in [0.3, 0.4) is 0 Å². The van der Waals surface area contributed by atoms with E-state index in [2.05, 4.69) is 13.8 Å². The van der Waals surface area contributed by atoms with Crippen LogP contribution in [-0.4, -0.2) is 47.0 Å². The minimum atomic E-state index is -0.407. The van der Waals surface area contributed by atoms with Gasteiger partial charge < -0.3 is 0 Å². The molecule has 0 N–H and O–H groups in total. The molecule has 4 atom stereocenters. The summed E-state index contributed by atoms with van der Waals surface area (Å²) in [6.45, 7) is 8.78. The Labute approximate surface area is 175 Å². The SMILES string of the molecule is CC.CCC.CN1C(=O)C2CC3C(=O)N(CC4CCCCC4)C(=O)C3CC2C1=O. The van der Waals surface area contributed by atoms with Gasteiger partial charge in [0, 0.05) is 13.6 Å². The number of hydrogen-bond donors (Lipinski definition) is 0. The first kappa shape index (κ1) is 23.6. The Morgan fingerprint density at radius 2 is 1.10 bits per heavy atom. The molecule has 0 aromatic rings. The summed E-state index contributed by atoms with van der Waals surface area (Å²) in [4.78, 5) is 52.6. The van der Waals surface area contributed by atoms with Gasteiger partial charge in [-0.25, -0.2) is 0 Å². The van der Waals surface area contributed by atoms with E-state index in [1.54, 1.807) is 0 Å². The molecule has 29 heavy (non-hydrogen) atoms. The Bertz CT molecular complexity index is 584. The van der Waals surface area contributed by atoms with Crippen molar-refractivity contribution in [2.75, 3.05) is 13.6 Å². The van der Waals surface area contributed by atoms with Gasteiger partial charge >= 0.3 is 0 Å². The van der Waals surface area contributed by atoms with Crippen LogP contribution in [0.15, 0.2) is 0 Å². The van der Waals surface area contributed by atoms with Crippen LogP contribution in [0.2, 0.25) is 0 Å². The maximum absolute atomic E-state index is 12.8. The van der Waals surface area contributed by atoms with Crippen LogP contribution in [0.25, 0.3) is 0 Å². The summed E-state index contributed by atoms with van der Waals surface area (Å²) < 4.78 is 0.